The molecule has 0 saturated carbocycles. The van der Waals surface area contributed by atoms with Crippen molar-refractivity contribution in [3.8, 4) is 0 Å². The maximum Gasteiger partial charge on any atom is 0.0517 e. The third-order valence-corrected chi connectivity index (χ3v) is 6.14. The maximum absolute atomic E-state index is 2.43. The summed E-state index contributed by atoms with van der Waals surface area (Å²) < 4.78 is 0. The van der Waals surface area contributed by atoms with Crippen LogP contribution in [0.3, 0.4) is 0 Å². The Morgan fingerprint density at radius 2 is 1.47 bits per heavy atom. The molecular formula is C13H23NSi. The van der Waals surface area contributed by atoms with Gasteiger partial charge in [-0.15, -0.1) is 0 Å². The molecule has 15 heavy (non-hydrogen) atoms. The Kier molecular flexibility index (Phi) is 3.61. The van der Waals surface area contributed by atoms with E-state index >= 15 is 0 Å². The molecule has 1 nitrogen and oxygen atoms in total. The van der Waals surface area contributed by atoms with E-state index in [0.717, 1.165) is 5.54 Å². The predicted molar refractivity (Wildman–Crippen MR) is 72.5 cm³/mol. The highest BCUT2D eigenvalue weighted by atomic mass is 28.3. The van der Waals surface area contributed by atoms with Crippen molar-refractivity contribution in [3.05, 3.63) is 29.8 Å². The van der Waals surface area contributed by atoms with E-state index < -0.39 is 8.07 Å². The van der Waals surface area contributed by atoms with Crippen molar-refractivity contribution in [2.75, 3.05) is 19.0 Å². The van der Waals surface area contributed by atoms with Crippen LogP contribution >= 0.6 is 0 Å². The molecule has 0 spiro atoms. The Balaban J connectivity index is 2.89. The van der Waals surface area contributed by atoms with Gasteiger partial charge in [-0.05, 0) is 23.2 Å². The smallest absolute Gasteiger partial charge is 0.0517 e. The molecule has 0 heterocycles. The predicted octanol–water partition coefficient (Wildman–Crippen LogP) is 3.73. The first-order chi connectivity index (χ1) is 6.82. The van der Waals surface area contributed by atoms with Crippen molar-refractivity contribution in [3.63, 3.8) is 0 Å². The second kappa shape index (κ2) is 4.39. The Hall–Kier alpha value is -0.763. The quantitative estimate of drug-likeness (QED) is 0.703. The molecule has 84 valence electrons. The number of rotatable bonds is 3. The highest BCUT2D eigenvalue weighted by Gasteiger charge is 2.23. The Morgan fingerprint density at radius 3 is 1.80 bits per heavy atom. The van der Waals surface area contributed by atoms with Crippen LogP contribution in [0.1, 0.15) is 18.0 Å². The van der Waals surface area contributed by atoms with E-state index in [2.05, 4.69) is 69.8 Å². The lowest BCUT2D eigenvalue weighted by molar-refractivity contribution is 1.01. The van der Waals surface area contributed by atoms with Gasteiger partial charge in [0.1, 0.15) is 0 Å². The molecule has 0 N–H and O–H groups in total. The molecule has 0 fully saturated rings. The fourth-order valence-electron chi connectivity index (χ4n) is 1.56. The van der Waals surface area contributed by atoms with Crippen LogP contribution in [0, 0.1) is 0 Å². The summed E-state index contributed by atoms with van der Waals surface area (Å²) in [4.78, 5) is 2.14. The van der Waals surface area contributed by atoms with Crippen LogP contribution in [0.2, 0.25) is 19.6 Å². The summed E-state index contributed by atoms with van der Waals surface area (Å²) in [5.74, 6) is 0. The van der Waals surface area contributed by atoms with E-state index in [0.29, 0.717) is 0 Å². The van der Waals surface area contributed by atoms with Crippen LogP contribution < -0.4 is 4.90 Å². The van der Waals surface area contributed by atoms with Crippen molar-refractivity contribution in [1.29, 1.82) is 0 Å². The van der Waals surface area contributed by atoms with Gasteiger partial charge in [0.15, 0.2) is 0 Å². The molecule has 1 rings (SSSR count). The molecule has 1 atom stereocenters. The molecule has 2 heteroatoms. The van der Waals surface area contributed by atoms with Gasteiger partial charge < -0.3 is 4.90 Å². The first kappa shape index (κ1) is 12.3. The van der Waals surface area contributed by atoms with E-state index in [9.17, 15) is 0 Å². The second-order valence-electron chi connectivity index (χ2n) is 5.57. The highest BCUT2D eigenvalue weighted by molar-refractivity contribution is 6.77. The minimum atomic E-state index is -1.06. The Bertz CT molecular complexity index is 308. The van der Waals surface area contributed by atoms with Crippen LogP contribution in [0.4, 0.5) is 5.69 Å². The first-order valence-electron chi connectivity index (χ1n) is 5.59. The number of anilines is 1. The molecule has 1 unspecified atom stereocenters. The third-order valence-electron chi connectivity index (χ3n) is 3.21. The lowest BCUT2D eigenvalue weighted by Crippen LogP contribution is -2.28. The first-order valence-corrected chi connectivity index (χ1v) is 9.17. The lowest BCUT2D eigenvalue weighted by Gasteiger charge is -2.26. The second-order valence-corrected chi connectivity index (χ2v) is 11.2. The van der Waals surface area contributed by atoms with E-state index in [1.165, 1.54) is 11.3 Å². The van der Waals surface area contributed by atoms with Gasteiger partial charge >= 0.3 is 0 Å². The highest BCUT2D eigenvalue weighted by Crippen LogP contribution is 2.27. The zero-order chi connectivity index (χ0) is 11.6. The molecule has 0 radical (unpaired) electrons. The summed E-state index contributed by atoms with van der Waals surface area (Å²) in [6.07, 6.45) is 0. The van der Waals surface area contributed by atoms with Crippen molar-refractivity contribution in [1.82, 2.24) is 0 Å². The van der Waals surface area contributed by atoms with Crippen LogP contribution in [0.25, 0.3) is 0 Å². The standard InChI is InChI=1S/C13H23NSi/c1-11(15(4,5)6)12-7-9-13(10-8-12)14(2)3/h7-11H,1-6H3. The van der Waals surface area contributed by atoms with Crippen LogP contribution in [-0.2, 0) is 0 Å². The lowest BCUT2D eigenvalue weighted by atomic mass is 10.1. The molecule has 0 aliphatic heterocycles. The number of nitrogens with zero attached hydrogens (tertiary/aromatic N) is 1. The molecule has 0 bridgehead atoms. The third kappa shape index (κ3) is 3.10. The Morgan fingerprint density at radius 1 is 1.00 bits per heavy atom. The largest absolute Gasteiger partial charge is 0.378 e. The monoisotopic (exact) mass is 221 g/mol. The summed E-state index contributed by atoms with van der Waals surface area (Å²) in [7, 11) is 3.10. The number of hydrogen-bond acceptors (Lipinski definition) is 1. The van der Waals surface area contributed by atoms with Gasteiger partial charge in [0.05, 0.1) is 8.07 Å². The van der Waals surface area contributed by atoms with Crippen LogP contribution in [0.15, 0.2) is 24.3 Å². The van der Waals surface area contributed by atoms with Crippen LogP contribution in [-0.4, -0.2) is 22.2 Å². The van der Waals surface area contributed by atoms with Gasteiger partial charge in [0.2, 0.25) is 0 Å². The minimum absolute atomic E-state index is 0.730. The summed E-state index contributed by atoms with van der Waals surface area (Å²) in [5.41, 5.74) is 3.50. The average molecular weight is 221 g/mol. The summed E-state index contributed by atoms with van der Waals surface area (Å²) in [6.45, 7) is 9.64. The van der Waals surface area contributed by atoms with E-state index in [4.69, 9.17) is 0 Å². The zero-order valence-corrected chi connectivity index (χ0v) is 11.8. The van der Waals surface area contributed by atoms with Gasteiger partial charge in [-0.3, -0.25) is 0 Å². The molecule has 0 aliphatic rings. The van der Waals surface area contributed by atoms with Crippen molar-refractivity contribution in [2.45, 2.75) is 32.1 Å². The maximum atomic E-state index is 2.43. The van der Waals surface area contributed by atoms with Crippen molar-refractivity contribution >= 4 is 13.8 Å². The van der Waals surface area contributed by atoms with Crippen LogP contribution in [0.5, 0.6) is 0 Å². The van der Waals surface area contributed by atoms with Gasteiger partial charge in [-0.2, -0.15) is 0 Å². The van der Waals surface area contributed by atoms with Crippen molar-refractivity contribution < 1.29 is 0 Å². The molecule has 0 aliphatic carbocycles. The molecule has 0 saturated heterocycles. The van der Waals surface area contributed by atoms with E-state index in [1.54, 1.807) is 0 Å². The van der Waals surface area contributed by atoms with Gasteiger partial charge in [-0.25, -0.2) is 0 Å². The fourth-order valence-corrected chi connectivity index (χ4v) is 2.75. The van der Waals surface area contributed by atoms with Gasteiger partial charge in [0, 0.05) is 19.8 Å². The van der Waals surface area contributed by atoms with E-state index in [1.807, 2.05) is 0 Å². The van der Waals surface area contributed by atoms with Gasteiger partial charge in [0.25, 0.3) is 0 Å². The van der Waals surface area contributed by atoms with Crippen molar-refractivity contribution in [2.24, 2.45) is 0 Å². The van der Waals surface area contributed by atoms with E-state index in [-0.39, 0.29) is 0 Å². The fraction of sp³-hybridized carbons (Fsp3) is 0.538. The normalized spacial score (nSPS) is 13.7. The topological polar surface area (TPSA) is 3.24 Å². The summed E-state index contributed by atoms with van der Waals surface area (Å²) in [6, 6.07) is 8.98. The minimum Gasteiger partial charge on any atom is -0.378 e. The zero-order valence-electron chi connectivity index (χ0n) is 10.8. The average Bonchev–Trinajstić information content (AvgIpc) is 2.15. The Labute approximate surface area is 95.1 Å². The summed E-state index contributed by atoms with van der Waals surface area (Å²) in [5, 5.41) is 0. The number of benzene rings is 1. The molecule has 0 aromatic heterocycles. The molecule has 0 amide bonds. The SMILES string of the molecule is CC(c1ccc(N(C)C)cc1)[Si](C)(C)C. The van der Waals surface area contributed by atoms with Gasteiger partial charge in [-0.1, -0.05) is 38.7 Å². The molecule has 1 aromatic rings. The molecular weight excluding hydrogens is 198 g/mol. The molecule has 1 aromatic carbocycles. The summed E-state index contributed by atoms with van der Waals surface area (Å²) >= 11 is 0. The number of hydrogen-bond donors (Lipinski definition) is 0.